The van der Waals surface area contributed by atoms with E-state index in [1.54, 1.807) is 19.5 Å². The lowest BCUT2D eigenvalue weighted by Crippen LogP contribution is -2.00. The molecule has 0 spiro atoms. The number of thioether (sulfide) groups is 1. The Morgan fingerprint density at radius 3 is 2.84 bits per heavy atom. The monoisotopic (exact) mass is 354 g/mol. The Kier molecular flexibility index (Phi) is 5.63. The standard InChI is InChI=1S/C17H18N6OS/c1-12(13-7-9-18-10-8-13)20-21-16-19-17(23-22-16)25-11-14-5-3-4-6-15(14)24-2/h3-10H,11H2,1-2H3,(H2,19,21,22,23)/b20-12+. The molecule has 0 atom stereocenters. The maximum atomic E-state index is 5.35. The molecule has 8 heteroatoms. The molecule has 3 aromatic rings. The maximum Gasteiger partial charge on any atom is 0.240 e. The molecule has 0 aliphatic rings. The number of benzene rings is 1. The first-order valence-electron chi connectivity index (χ1n) is 7.64. The largest absolute Gasteiger partial charge is 0.496 e. The van der Waals surface area contributed by atoms with E-state index in [0.717, 1.165) is 28.3 Å². The fourth-order valence-corrected chi connectivity index (χ4v) is 2.91. The summed E-state index contributed by atoms with van der Waals surface area (Å²) in [6, 6.07) is 11.7. The predicted molar refractivity (Wildman–Crippen MR) is 99.0 cm³/mol. The van der Waals surface area contributed by atoms with Crippen molar-refractivity contribution in [2.45, 2.75) is 17.8 Å². The van der Waals surface area contributed by atoms with Crippen molar-refractivity contribution in [1.82, 2.24) is 20.2 Å². The maximum absolute atomic E-state index is 5.35. The van der Waals surface area contributed by atoms with Crippen molar-refractivity contribution in [1.29, 1.82) is 0 Å². The summed E-state index contributed by atoms with van der Waals surface area (Å²) in [5, 5.41) is 12.0. The van der Waals surface area contributed by atoms with Crippen LogP contribution in [0, 0.1) is 0 Å². The Bertz CT molecular complexity index is 849. The number of hydrazone groups is 1. The number of methoxy groups -OCH3 is 1. The molecule has 7 nitrogen and oxygen atoms in total. The minimum atomic E-state index is 0.496. The van der Waals surface area contributed by atoms with Gasteiger partial charge in [-0.3, -0.25) is 4.98 Å². The summed E-state index contributed by atoms with van der Waals surface area (Å²) < 4.78 is 5.35. The van der Waals surface area contributed by atoms with E-state index < -0.39 is 0 Å². The van der Waals surface area contributed by atoms with E-state index in [0.29, 0.717) is 11.1 Å². The van der Waals surface area contributed by atoms with E-state index in [2.05, 4.69) is 30.7 Å². The average molecular weight is 354 g/mol. The third-order valence-electron chi connectivity index (χ3n) is 3.44. The highest BCUT2D eigenvalue weighted by Crippen LogP contribution is 2.26. The van der Waals surface area contributed by atoms with Crippen molar-refractivity contribution in [3.63, 3.8) is 0 Å². The normalized spacial score (nSPS) is 11.4. The molecule has 0 aliphatic heterocycles. The molecule has 0 saturated heterocycles. The summed E-state index contributed by atoms with van der Waals surface area (Å²) in [5.41, 5.74) is 5.81. The number of hydrogen-bond acceptors (Lipinski definition) is 7. The average Bonchev–Trinajstić information content (AvgIpc) is 3.13. The number of aromatic nitrogens is 4. The van der Waals surface area contributed by atoms with Crippen LogP contribution >= 0.6 is 11.8 Å². The highest BCUT2D eigenvalue weighted by atomic mass is 32.2. The number of nitrogens with zero attached hydrogens (tertiary/aromatic N) is 4. The van der Waals surface area contributed by atoms with Crippen molar-refractivity contribution < 1.29 is 4.74 Å². The minimum absolute atomic E-state index is 0.496. The third-order valence-corrected chi connectivity index (χ3v) is 4.34. The smallest absolute Gasteiger partial charge is 0.240 e. The zero-order chi connectivity index (χ0) is 17.5. The first-order valence-corrected chi connectivity index (χ1v) is 8.62. The van der Waals surface area contributed by atoms with Gasteiger partial charge in [-0.05, 0) is 25.1 Å². The number of aromatic amines is 1. The van der Waals surface area contributed by atoms with Gasteiger partial charge in [0.1, 0.15) is 5.75 Å². The van der Waals surface area contributed by atoms with Crippen molar-refractivity contribution >= 4 is 23.4 Å². The molecular formula is C17H18N6OS. The van der Waals surface area contributed by atoms with Crippen LogP contribution in [0.4, 0.5) is 5.95 Å². The quantitative estimate of drug-likeness (QED) is 0.384. The van der Waals surface area contributed by atoms with Crippen molar-refractivity contribution in [3.05, 3.63) is 59.9 Å². The summed E-state index contributed by atoms with van der Waals surface area (Å²) in [6.07, 6.45) is 3.46. The fraction of sp³-hybridized carbons (Fsp3) is 0.176. The highest BCUT2D eigenvalue weighted by Gasteiger charge is 2.07. The van der Waals surface area contributed by atoms with Crippen LogP contribution in [0.3, 0.4) is 0 Å². The molecule has 1 aromatic carbocycles. The Labute approximate surface area is 149 Å². The molecule has 0 saturated carbocycles. The SMILES string of the molecule is COc1ccccc1CSc1n[nH]c(N/N=C(\C)c2ccncc2)n1. The van der Waals surface area contributed by atoms with E-state index in [4.69, 9.17) is 4.74 Å². The summed E-state index contributed by atoms with van der Waals surface area (Å²) in [4.78, 5) is 8.36. The van der Waals surface area contributed by atoms with Crippen molar-refractivity contribution in [2.24, 2.45) is 5.10 Å². The highest BCUT2D eigenvalue weighted by molar-refractivity contribution is 7.98. The molecule has 0 aliphatic carbocycles. The number of H-pyrrole nitrogens is 1. The van der Waals surface area contributed by atoms with E-state index in [1.165, 1.54) is 11.8 Å². The van der Waals surface area contributed by atoms with Gasteiger partial charge in [-0.2, -0.15) is 10.1 Å². The van der Waals surface area contributed by atoms with Crippen molar-refractivity contribution in [2.75, 3.05) is 12.5 Å². The van der Waals surface area contributed by atoms with Gasteiger partial charge in [0.2, 0.25) is 11.1 Å². The Hall–Kier alpha value is -2.87. The van der Waals surface area contributed by atoms with Gasteiger partial charge >= 0.3 is 0 Å². The zero-order valence-electron chi connectivity index (χ0n) is 13.9. The van der Waals surface area contributed by atoms with Crippen LogP contribution in [0.2, 0.25) is 0 Å². The van der Waals surface area contributed by atoms with Gasteiger partial charge in [0, 0.05) is 29.3 Å². The lowest BCUT2D eigenvalue weighted by atomic mass is 10.2. The lowest BCUT2D eigenvalue weighted by Gasteiger charge is -2.05. The number of nitrogens with one attached hydrogen (secondary N) is 2. The molecule has 0 unspecified atom stereocenters. The Morgan fingerprint density at radius 1 is 1.24 bits per heavy atom. The van der Waals surface area contributed by atoms with Crippen LogP contribution < -0.4 is 10.2 Å². The molecule has 0 fully saturated rings. The summed E-state index contributed by atoms with van der Waals surface area (Å²) in [5.74, 6) is 2.08. The number of rotatable bonds is 7. The second-order valence-electron chi connectivity index (χ2n) is 5.11. The Balaban J connectivity index is 1.59. The predicted octanol–water partition coefficient (Wildman–Crippen LogP) is 3.34. The molecule has 2 heterocycles. The number of hydrogen-bond donors (Lipinski definition) is 2. The van der Waals surface area contributed by atoms with E-state index >= 15 is 0 Å². The molecule has 2 aromatic heterocycles. The van der Waals surface area contributed by atoms with Gasteiger partial charge in [0.15, 0.2) is 0 Å². The third kappa shape index (κ3) is 4.57. The zero-order valence-corrected chi connectivity index (χ0v) is 14.7. The van der Waals surface area contributed by atoms with Gasteiger partial charge < -0.3 is 4.74 Å². The summed E-state index contributed by atoms with van der Waals surface area (Å²) in [7, 11) is 1.67. The van der Waals surface area contributed by atoms with Gasteiger partial charge in [0.25, 0.3) is 0 Å². The number of anilines is 1. The van der Waals surface area contributed by atoms with Gasteiger partial charge in [0.05, 0.1) is 12.8 Å². The van der Waals surface area contributed by atoms with Crippen LogP contribution in [0.15, 0.2) is 59.0 Å². The van der Waals surface area contributed by atoms with Gasteiger partial charge in [-0.1, -0.05) is 30.0 Å². The summed E-state index contributed by atoms with van der Waals surface area (Å²) in [6.45, 7) is 1.91. The van der Waals surface area contributed by atoms with Gasteiger partial charge in [-0.25, -0.2) is 10.5 Å². The van der Waals surface area contributed by atoms with E-state index in [-0.39, 0.29) is 0 Å². The topological polar surface area (TPSA) is 88.1 Å². The molecule has 128 valence electrons. The van der Waals surface area contributed by atoms with Crippen LogP contribution in [0.1, 0.15) is 18.1 Å². The van der Waals surface area contributed by atoms with Crippen molar-refractivity contribution in [3.8, 4) is 5.75 Å². The van der Waals surface area contributed by atoms with Crippen LogP contribution in [-0.2, 0) is 5.75 Å². The van der Waals surface area contributed by atoms with E-state index in [9.17, 15) is 0 Å². The minimum Gasteiger partial charge on any atom is -0.496 e. The van der Waals surface area contributed by atoms with Crippen LogP contribution in [0.25, 0.3) is 0 Å². The number of pyridine rings is 1. The molecule has 3 rings (SSSR count). The number of para-hydroxylation sites is 1. The lowest BCUT2D eigenvalue weighted by molar-refractivity contribution is 0.411. The van der Waals surface area contributed by atoms with E-state index in [1.807, 2.05) is 43.3 Å². The molecule has 0 radical (unpaired) electrons. The van der Waals surface area contributed by atoms with Crippen LogP contribution in [-0.4, -0.2) is 33.0 Å². The molecule has 0 bridgehead atoms. The fourth-order valence-electron chi connectivity index (χ4n) is 2.12. The summed E-state index contributed by atoms with van der Waals surface area (Å²) >= 11 is 1.52. The first kappa shape index (κ1) is 17.0. The molecule has 0 amide bonds. The molecular weight excluding hydrogens is 336 g/mol. The Morgan fingerprint density at radius 2 is 2.04 bits per heavy atom. The second-order valence-corrected chi connectivity index (χ2v) is 6.05. The van der Waals surface area contributed by atoms with Crippen LogP contribution in [0.5, 0.6) is 5.75 Å². The first-order chi connectivity index (χ1) is 12.3. The second kappa shape index (κ2) is 8.29. The number of ether oxygens (including phenoxy) is 1. The molecule has 2 N–H and O–H groups in total. The van der Waals surface area contributed by atoms with Gasteiger partial charge in [-0.15, -0.1) is 5.10 Å². The molecule has 25 heavy (non-hydrogen) atoms.